The summed E-state index contributed by atoms with van der Waals surface area (Å²) < 4.78 is 62.2. The molecular weight excluding hydrogens is 470 g/mol. The number of benzene rings is 2. The van der Waals surface area contributed by atoms with Crippen LogP contribution in [0.4, 0.5) is 17.6 Å². The largest absolute Gasteiger partial charge is 0.493 e. The number of primary amides is 1. The van der Waals surface area contributed by atoms with Gasteiger partial charge in [-0.15, -0.1) is 0 Å². The number of hydrogen-bond donors (Lipinski definition) is 2. The van der Waals surface area contributed by atoms with Gasteiger partial charge in [-0.05, 0) is 54.3 Å². The van der Waals surface area contributed by atoms with E-state index in [4.69, 9.17) is 20.3 Å². The lowest BCUT2D eigenvalue weighted by Crippen LogP contribution is -2.16. The number of amides is 1. The zero-order chi connectivity index (χ0) is 26.0. The lowest BCUT2D eigenvalue weighted by Gasteiger charge is -2.16. The summed E-state index contributed by atoms with van der Waals surface area (Å²) >= 11 is 0. The highest BCUT2D eigenvalue weighted by Crippen LogP contribution is 2.33. The highest BCUT2D eigenvalue weighted by molar-refractivity contribution is 5.90. The first-order chi connectivity index (χ1) is 16.5. The molecule has 1 amide bonds. The van der Waals surface area contributed by atoms with E-state index in [1.54, 1.807) is 12.1 Å². The molecule has 1 aliphatic rings. The summed E-state index contributed by atoms with van der Waals surface area (Å²) in [6.45, 7) is -0.212. The smallest absolute Gasteiger partial charge is 0.419 e. The number of methoxy groups -OCH3 is 1. The SMILES string of the molecule is COc1cc(/C=C/C(N)=O)ccc1OCc1ccc(F)c(C(F)(F)F)c1.O=C(O)C1CCCCC1. The molecule has 0 bridgehead atoms. The number of aliphatic carboxylic acids is 1. The molecule has 1 saturated carbocycles. The maximum Gasteiger partial charge on any atom is 0.419 e. The summed E-state index contributed by atoms with van der Waals surface area (Å²) in [5.41, 5.74) is 4.44. The molecular formula is C25H27F4NO5. The second-order valence-corrected chi connectivity index (χ2v) is 7.92. The van der Waals surface area contributed by atoms with E-state index in [9.17, 15) is 27.2 Å². The van der Waals surface area contributed by atoms with Crippen molar-refractivity contribution >= 4 is 18.0 Å². The van der Waals surface area contributed by atoms with Gasteiger partial charge in [0, 0.05) is 6.08 Å². The van der Waals surface area contributed by atoms with Crippen LogP contribution in [0.1, 0.15) is 48.8 Å². The summed E-state index contributed by atoms with van der Waals surface area (Å²) in [7, 11) is 1.39. The van der Waals surface area contributed by atoms with Crippen LogP contribution in [0.3, 0.4) is 0 Å². The summed E-state index contributed by atoms with van der Waals surface area (Å²) in [5, 5.41) is 8.54. The third-order valence-corrected chi connectivity index (χ3v) is 5.31. The normalized spacial score (nSPS) is 14.2. The van der Waals surface area contributed by atoms with Gasteiger partial charge < -0.3 is 20.3 Å². The molecule has 0 heterocycles. The topological polar surface area (TPSA) is 98.9 Å². The number of rotatable bonds is 7. The number of nitrogens with two attached hydrogens (primary N) is 1. The van der Waals surface area contributed by atoms with Gasteiger partial charge in [0.15, 0.2) is 11.5 Å². The first kappa shape index (κ1) is 27.7. The van der Waals surface area contributed by atoms with Crippen molar-refractivity contribution in [1.29, 1.82) is 0 Å². The van der Waals surface area contributed by atoms with Crippen LogP contribution in [0.15, 0.2) is 42.5 Å². The lowest BCUT2D eigenvalue weighted by atomic mass is 9.90. The molecule has 35 heavy (non-hydrogen) atoms. The zero-order valence-corrected chi connectivity index (χ0v) is 19.1. The van der Waals surface area contributed by atoms with Crippen molar-refractivity contribution in [3.8, 4) is 11.5 Å². The van der Waals surface area contributed by atoms with Crippen molar-refractivity contribution < 1.29 is 41.7 Å². The number of carboxylic acid groups (broad SMARTS) is 1. The van der Waals surface area contributed by atoms with Crippen molar-refractivity contribution in [2.75, 3.05) is 7.11 Å². The number of alkyl halides is 3. The Hall–Kier alpha value is -3.56. The molecule has 2 aromatic rings. The van der Waals surface area contributed by atoms with Crippen LogP contribution >= 0.6 is 0 Å². The van der Waals surface area contributed by atoms with Crippen molar-refractivity contribution in [2.24, 2.45) is 11.7 Å². The van der Waals surface area contributed by atoms with Gasteiger partial charge in [0.25, 0.3) is 0 Å². The predicted molar refractivity (Wildman–Crippen MR) is 121 cm³/mol. The minimum absolute atomic E-state index is 0.0289. The van der Waals surface area contributed by atoms with E-state index in [1.807, 2.05) is 0 Å². The third kappa shape index (κ3) is 8.95. The molecule has 2 aromatic carbocycles. The Balaban J connectivity index is 0.000000402. The summed E-state index contributed by atoms with van der Waals surface area (Å²) in [4.78, 5) is 21.1. The van der Waals surface area contributed by atoms with Gasteiger partial charge in [-0.1, -0.05) is 31.4 Å². The average Bonchev–Trinajstić information content (AvgIpc) is 2.82. The fourth-order valence-electron chi connectivity index (χ4n) is 3.48. The minimum Gasteiger partial charge on any atom is -0.493 e. The average molecular weight is 497 g/mol. The maximum atomic E-state index is 13.3. The molecule has 0 atom stereocenters. The van der Waals surface area contributed by atoms with Crippen LogP contribution in [0.25, 0.3) is 6.08 Å². The third-order valence-electron chi connectivity index (χ3n) is 5.31. The van der Waals surface area contributed by atoms with Gasteiger partial charge in [0.1, 0.15) is 12.4 Å². The van der Waals surface area contributed by atoms with Crippen LogP contribution in [0.5, 0.6) is 11.5 Å². The van der Waals surface area contributed by atoms with Crippen molar-refractivity contribution in [1.82, 2.24) is 0 Å². The molecule has 0 radical (unpaired) electrons. The highest BCUT2D eigenvalue weighted by Gasteiger charge is 2.34. The molecule has 0 saturated heterocycles. The lowest BCUT2D eigenvalue weighted by molar-refractivity contribution is -0.143. The highest BCUT2D eigenvalue weighted by atomic mass is 19.4. The molecule has 3 rings (SSSR count). The second kappa shape index (κ2) is 12.8. The quantitative estimate of drug-likeness (QED) is 0.384. The van der Waals surface area contributed by atoms with E-state index < -0.39 is 29.4 Å². The number of carbonyl (C=O) groups is 2. The molecule has 10 heteroatoms. The number of carbonyl (C=O) groups excluding carboxylic acids is 1. The molecule has 3 N–H and O–H groups in total. The van der Waals surface area contributed by atoms with Gasteiger partial charge in [-0.3, -0.25) is 9.59 Å². The monoisotopic (exact) mass is 497 g/mol. The zero-order valence-electron chi connectivity index (χ0n) is 19.1. The first-order valence-electron chi connectivity index (χ1n) is 10.9. The maximum absolute atomic E-state index is 13.3. The Bertz CT molecular complexity index is 1050. The number of carboxylic acids is 1. The molecule has 6 nitrogen and oxygen atoms in total. The van der Waals surface area contributed by atoms with Gasteiger partial charge in [0.05, 0.1) is 18.6 Å². The molecule has 0 unspecified atom stereocenters. The fraction of sp³-hybridized carbons (Fsp3) is 0.360. The van der Waals surface area contributed by atoms with E-state index in [1.165, 1.54) is 37.8 Å². The van der Waals surface area contributed by atoms with E-state index in [0.29, 0.717) is 17.4 Å². The Labute approximate surface area is 200 Å². The summed E-state index contributed by atoms with van der Waals surface area (Å²) in [5.74, 6) is -1.99. The number of ether oxygens (including phenoxy) is 2. The van der Waals surface area contributed by atoms with E-state index in [-0.39, 0.29) is 23.8 Å². The molecule has 0 aromatic heterocycles. The summed E-state index contributed by atoms with van der Waals surface area (Å²) in [6, 6.07) is 7.38. The van der Waals surface area contributed by atoms with Gasteiger partial charge in [-0.25, -0.2) is 4.39 Å². The van der Waals surface area contributed by atoms with E-state index in [0.717, 1.165) is 31.7 Å². The standard InChI is InChI=1S/C18H15F4NO3.C7H12O2/c1-25-16-9-11(4-7-17(23)24)3-6-15(16)26-10-12-2-5-14(19)13(8-12)18(20,21)22;8-7(9)6-4-2-1-3-5-6/h2-9H,10H2,1H3,(H2,23,24);6H,1-5H2,(H,8,9)/b7-4+;. The van der Waals surface area contributed by atoms with Crippen molar-refractivity contribution in [2.45, 2.75) is 44.9 Å². The molecule has 190 valence electrons. The summed E-state index contributed by atoms with van der Waals surface area (Å²) in [6.07, 6.45) is 3.10. The molecule has 1 fully saturated rings. The minimum atomic E-state index is -4.79. The molecule has 1 aliphatic carbocycles. The van der Waals surface area contributed by atoms with Crippen molar-refractivity contribution in [3.05, 3.63) is 65.0 Å². The van der Waals surface area contributed by atoms with Crippen LogP contribution < -0.4 is 15.2 Å². The van der Waals surface area contributed by atoms with Crippen LogP contribution in [-0.2, 0) is 22.4 Å². The van der Waals surface area contributed by atoms with E-state index in [2.05, 4.69) is 0 Å². The van der Waals surface area contributed by atoms with Crippen LogP contribution in [-0.4, -0.2) is 24.1 Å². The number of halogens is 4. The van der Waals surface area contributed by atoms with Gasteiger partial charge in [-0.2, -0.15) is 13.2 Å². The Morgan fingerprint density at radius 1 is 1.09 bits per heavy atom. The Kier molecular flexibility index (Phi) is 10.1. The molecule has 0 spiro atoms. The second-order valence-electron chi connectivity index (χ2n) is 7.92. The van der Waals surface area contributed by atoms with E-state index >= 15 is 0 Å². The predicted octanol–water partition coefficient (Wildman–Crippen LogP) is 5.58. The first-order valence-corrected chi connectivity index (χ1v) is 10.9. The fourth-order valence-corrected chi connectivity index (χ4v) is 3.48. The van der Waals surface area contributed by atoms with Gasteiger partial charge in [0.2, 0.25) is 5.91 Å². The Morgan fingerprint density at radius 3 is 2.31 bits per heavy atom. The number of hydrogen-bond acceptors (Lipinski definition) is 4. The van der Waals surface area contributed by atoms with Gasteiger partial charge >= 0.3 is 12.1 Å². The van der Waals surface area contributed by atoms with Crippen molar-refractivity contribution in [3.63, 3.8) is 0 Å². The van der Waals surface area contributed by atoms with Crippen LogP contribution in [0, 0.1) is 11.7 Å². The molecule has 0 aliphatic heterocycles. The Morgan fingerprint density at radius 2 is 1.77 bits per heavy atom. The van der Waals surface area contributed by atoms with Crippen LogP contribution in [0.2, 0.25) is 0 Å².